The Balaban J connectivity index is 3.43. The fourth-order valence-corrected chi connectivity index (χ4v) is 3.55. The number of rotatable bonds is 4. The third-order valence-electron chi connectivity index (χ3n) is 3.09. The van der Waals surface area contributed by atoms with Crippen LogP contribution in [0, 0.1) is 13.8 Å². The van der Waals surface area contributed by atoms with Crippen LogP contribution in [0.2, 0.25) is 0 Å². The average Bonchev–Trinajstić information content (AvgIpc) is 2.23. The first kappa shape index (κ1) is 16.9. The summed E-state index contributed by atoms with van der Waals surface area (Å²) >= 11 is 0. The Hall–Kier alpha value is -1.16. The van der Waals surface area contributed by atoms with E-state index in [1.807, 2.05) is 6.07 Å². The Bertz CT molecular complexity index is 571. The summed E-state index contributed by atoms with van der Waals surface area (Å²) in [5, 5.41) is 0.00662. The number of hydrogen-bond acceptors (Lipinski definition) is 3. The van der Waals surface area contributed by atoms with E-state index < -0.39 is 19.0 Å². The lowest BCUT2D eigenvalue weighted by molar-refractivity contribution is -0.142. The predicted molar refractivity (Wildman–Crippen MR) is 77.3 cm³/mol. The van der Waals surface area contributed by atoms with E-state index in [4.69, 9.17) is 4.74 Å². The maximum absolute atomic E-state index is 11.7. The van der Waals surface area contributed by atoms with Crippen molar-refractivity contribution in [1.29, 1.82) is 0 Å². The van der Waals surface area contributed by atoms with Crippen LogP contribution in [-0.2, 0) is 19.5 Å². The quantitative estimate of drug-likeness (QED) is 0.656. The Morgan fingerprint density at radius 1 is 1.30 bits per heavy atom. The molecule has 5 nitrogen and oxygen atoms in total. The number of esters is 1. The number of carbonyl (C=O) groups is 1. The van der Waals surface area contributed by atoms with Gasteiger partial charge >= 0.3 is 13.6 Å². The molecular weight excluding hydrogens is 279 g/mol. The van der Waals surface area contributed by atoms with E-state index in [1.165, 1.54) is 13.0 Å². The summed E-state index contributed by atoms with van der Waals surface area (Å²) in [6.45, 7) is 8.56. The van der Waals surface area contributed by atoms with Crippen LogP contribution in [-0.4, -0.2) is 22.4 Å². The molecule has 0 aromatic heterocycles. The van der Waals surface area contributed by atoms with Crippen LogP contribution < -0.4 is 5.30 Å². The van der Waals surface area contributed by atoms with Crippen molar-refractivity contribution in [2.75, 3.05) is 6.61 Å². The van der Waals surface area contributed by atoms with Gasteiger partial charge in [-0.1, -0.05) is 19.9 Å². The zero-order valence-electron chi connectivity index (χ0n) is 12.4. The fourth-order valence-electron chi connectivity index (χ4n) is 2.41. The van der Waals surface area contributed by atoms with Crippen molar-refractivity contribution in [2.24, 2.45) is 0 Å². The molecule has 0 spiro atoms. The molecule has 0 atom stereocenters. The topological polar surface area (TPSA) is 83.8 Å². The van der Waals surface area contributed by atoms with Crippen molar-refractivity contribution in [3.63, 3.8) is 0 Å². The summed E-state index contributed by atoms with van der Waals surface area (Å²) in [6, 6.07) is 3.36. The van der Waals surface area contributed by atoms with Gasteiger partial charge in [0.15, 0.2) is 0 Å². The lowest BCUT2D eigenvalue weighted by Crippen LogP contribution is -2.33. The normalized spacial score (nSPS) is 12.3. The van der Waals surface area contributed by atoms with E-state index in [1.54, 1.807) is 27.7 Å². The molecule has 0 saturated heterocycles. The molecule has 1 rings (SSSR count). The number of ether oxygens (including phenoxy) is 1. The average molecular weight is 300 g/mol. The van der Waals surface area contributed by atoms with Crippen molar-refractivity contribution in [3.05, 3.63) is 28.8 Å². The maximum Gasteiger partial charge on any atom is 0.356 e. The lowest BCUT2D eigenvalue weighted by Gasteiger charge is -2.29. The van der Waals surface area contributed by atoms with Crippen LogP contribution in [0.25, 0.3) is 0 Å². The van der Waals surface area contributed by atoms with E-state index in [0.29, 0.717) is 5.56 Å². The molecule has 0 fully saturated rings. The summed E-state index contributed by atoms with van der Waals surface area (Å²) in [4.78, 5) is 30.1. The lowest BCUT2D eigenvalue weighted by atomic mass is 9.82. The highest BCUT2D eigenvalue weighted by Gasteiger charge is 2.33. The van der Waals surface area contributed by atoms with Crippen LogP contribution >= 0.6 is 7.60 Å². The van der Waals surface area contributed by atoms with E-state index in [9.17, 15) is 19.1 Å². The third-order valence-corrected chi connectivity index (χ3v) is 4.07. The maximum atomic E-state index is 11.7. The number of hydrogen-bond donors (Lipinski definition) is 2. The largest absolute Gasteiger partial charge is 0.465 e. The third kappa shape index (κ3) is 3.92. The molecule has 2 N–H and O–H groups in total. The van der Waals surface area contributed by atoms with Crippen LogP contribution in [0.3, 0.4) is 0 Å². The molecular formula is C14H21O5P. The first-order valence-corrected chi connectivity index (χ1v) is 7.87. The van der Waals surface area contributed by atoms with Gasteiger partial charge in [0.2, 0.25) is 0 Å². The van der Waals surface area contributed by atoms with Gasteiger partial charge < -0.3 is 14.5 Å². The monoisotopic (exact) mass is 300 g/mol. The standard InChI is InChI=1S/C14H21O5P/c1-9-6-10(2)13(12(7-9)20(16,17)18)14(4,5)8-19-11(3)15/h6-7H,8H2,1-5H3,(H2,16,17,18). The smallest absolute Gasteiger partial charge is 0.356 e. The van der Waals surface area contributed by atoms with Crippen molar-refractivity contribution < 1.29 is 23.9 Å². The molecule has 0 radical (unpaired) electrons. The summed E-state index contributed by atoms with van der Waals surface area (Å²) in [7, 11) is -4.39. The molecule has 112 valence electrons. The second kappa shape index (κ2) is 5.68. The second-order valence-electron chi connectivity index (χ2n) is 5.68. The highest BCUT2D eigenvalue weighted by Crippen LogP contribution is 2.40. The first-order valence-electron chi connectivity index (χ1n) is 6.26. The first-order chi connectivity index (χ1) is 8.95. The molecule has 0 aliphatic heterocycles. The molecule has 0 saturated carbocycles. The molecule has 20 heavy (non-hydrogen) atoms. The van der Waals surface area contributed by atoms with Gasteiger partial charge in [0.25, 0.3) is 0 Å². The van der Waals surface area contributed by atoms with Gasteiger partial charge in [0.1, 0.15) is 6.61 Å². The number of carbonyl (C=O) groups excluding carboxylic acids is 1. The van der Waals surface area contributed by atoms with Gasteiger partial charge in [-0.15, -0.1) is 0 Å². The number of aryl methyl sites for hydroxylation is 2. The summed E-state index contributed by atoms with van der Waals surface area (Å²) in [5.74, 6) is -0.416. The summed E-state index contributed by atoms with van der Waals surface area (Å²) < 4.78 is 16.8. The minimum absolute atomic E-state index is 0.00662. The van der Waals surface area contributed by atoms with E-state index in [0.717, 1.165) is 11.1 Å². The molecule has 0 aliphatic carbocycles. The highest BCUT2D eigenvalue weighted by molar-refractivity contribution is 7.60. The van der Waals surface area contributed by atoms with Crippen LogP contribution in [0.1, 0.15) is 37.5 Å². The molecule has 0 heterocycles. The number of benzene rings is 1. The summed E-state index contributed by atoms with van der Waals surface area (Å²) in [5.41, 5.74) is 1.42. The molecule has 0 aliphatic rings. The van der Waals surface area contributed by atoms with Gasteiger partial charge in [-0.05, 0) is 36.6 Å². The van der Waals surface area contributed by atoms with Crippen molar-refractivity contribution >= 4 is 18.9 Å². The SMILES string of the molecule is CC(=O)OCC(C)(C)c1c(C)cc(C)cc1P(=O)(O)O. The minimum atomic E-state index is -4.39. The molecule has 0 bridgehead atoms. The second-order valence-corrected chi connectivity index (χ2v) is 7.25. The predicted octanol–water partition coefficient (Wildman–Crippen LogP) is 1.95. The minimum Gasteiger partial charge on any atom is -0.465 e. The van der Waals surface area contributed by atoms with Crippen LogP contribution in [0.15, 0.2) is 12.1 Å². The zero-order chi connectivity index (χ0) is 15.7. The Kier molecular flexibility index (Phi) is 4.80. The molecule has 0 unspecified atom stereocenters. The van der Waals surface area contributed by atoms with Gasteiger partial charge in [-0.3, -0.25) is 9.36 Å². The Morgan fingerprint density at radius 2 is 1.85 bits per heavy atom. The summed E-state index contributed by atoms with van der Waals surface area (Å²) in [6.07, 6.45) is 0. The van der Waals surface area contributed by atoms with Gasteiger partial charge in [0.05, 0.1) is 5.30 Å². The van der Waals surface area contributed by atoms with Gasteiger partial charge in [-0.2, -0.15) is 0 Å². The zero-order valence-corrected chi connectivity index (χ0v) is 13.3. The van der Waals surface area contributed by atoms with Gasteiger partial charge in [0, 0.05) is 12.3 Å². The van der Waals surface area contributed by atoms with Crippen LogP contribution in [0.4, 0.5) is 0 Å². The van der Waals surface area contributed by atoms with E-state index >= 15 is 0 Å². The van der Waals surface area contributed by atoms with Crippen molar-refractivity contribution in [1.82, 2.24) is 0 Å². The van der Waals surface area contributed by atoms with E-state index in [2.05, 4.69) is 0 Å². The fraction of sp³-hybridized carbons (Fsp3) is 0.500. The van der Waals surface area contributed by atoms with Crippen molar-refractivity contribution in [2.45, 2.75) is 40.0 Å². The molecule has 0 amide bonds. The highest BCUT2D eigenvalue weighted by atomic mass is 31.2. The van der Waals surface area contributed by atoms with E-state index in [-0.39, 0.29) is 11.9 Å². The Morgan fingerprint density at radius 3 is 2.30 bits per heavy atom. The Labute approximate surface area is 119 Å². The van der Waals surface area contributed by atoms with Gasteiger partial charge in [-0.25, -0.2) is 0 Å². The van der Waals surface area contributed by atoms with Crippen LogP contribution in [0.5, 0.6) is 0 Å². The molecule has 1 aromatic carbocycles. The van der Waals surface area contributed by atoms with Crippen molar-refractivity contribution in [3.8, 4) is 0 Å². The molecule has 1 aromatic rings. The molecule has 6 heteroatoms.